The summed E-state index contributed by atoms with van der Waals surface area (Å²) in [5, 5.41) is 5.85. The number of furan rings is 1. The topological polar surface area (TPSA) is 74.6 Å². The third-order valence-electron chi connectivity index (χ3n) is 4.67. The quantitative estimate of drug-likeness (QED) is 0.835. The number of amides is 3. The summed E-state index contributed by atoms with van der Waals surface area (Å²) in [5.41, 5.74) is 0.801. The summed E-state index contributed by atoms with van der Waals surface area (Å²) in [5.74, 6) is 1.28. The number of anilines is 1. The predicted molar refractivity (Wildman–Crippen MR) is 99.8 cm³/mol. The van der Waals surface area contributed by atoms with Gasteiger partial charge in [0, 0.05) is 38.2 Å². The van der Waals surface area contributed by atoms with Gasteiger partial charge in [-0.3, -0.25) is 4.79 Å². The third-order valence-corrected chi connectivity index (χ3v) is 4.67. The highest BCUT2D eigenvalue weighted by atomic mass is 16.3. The zero-order valence-electron chi connectivity index (χ0n) is 14.8. The summed E-state index contributed by atoms with van der Waals surface area (Å²) in [6.45, 7) is 1.96. The molecular formula is C20H25N3O3. The smallest absolute Gasteiger partial charge is 0.321 e. The van der Waals surface area contributed by atoms with Gasteiger partial charge in [0.2, 0.25) is 5.91 Å². The Morgan fingerprint density at radius 1 is 1.08 bits per heavy atom. The van der Waals surface area contributed by atoms with Crippen LogP contribution in [0.1, 0.15) is 25.0 Å². The van der Waals surface area contributed by atoms with E-state index in [0.717, 1.165) is 24.3 Å². The van der Waals surface area contributed by atoms with Crippen LogP contribution < -0.4 is 10.6 Å². The Kier molecular flexibility index (Phi) is 6.30. The first-order valence-corrected chi connectivity index (χ1v) is 9.11. The fourth-order valence-electron chi connectivity index (χ4n) is 3.18. The van der Waals surface area contributed by atoms with Crippen LogP contribution >= 0.6 is 0 Å². The maximum atomic E-state index is 12.3. The van der Waals surface area contributed by atoms with Crippen LogP contribution in [0.5, 0.6) is 0 Å². The number of likely N-dealkylation sites (tertiary alicyclic amines) is 1. The molecule has 0 atom stereocenters. The Morgan fingerprint density at radius 3 is 2.54 bits per heavy atom. The fourth-order valence-corrected chi connectivity index (χ4v) is 3.18. The molecule has 1 aliphatic rings. The lowest BCUT2D eigenvalue weighted by molar-refractivity contribution is -0.122. The molecule has 6 nitrogen and oxygen atoms in total. The fraction of sp³-hybridized carbons (Fsp3) is 0.400. The van der Waals surface area contributed by atoms with E-state index in [1.807, 2.05) is 47.4 Å². The monoisotopic (exact) mass is 355 g/mol. The van der Waals surface area contributed by atoms with E-state index >= 15 is 0 Å². The lowest BCUT2D eigenvalue weighted by Crippen LogP contribution is -2.42. The zero-order valence-corrected chi connectivity index (χ0v) is 14.8. The van der Waals surface area contributed by atoms with Crippen molar-refractivity contribution in [2.75, 3.05) is 25.0 Å². The van der Waals surface area contributed by atoms with Crippen molar-refractivity contribution >= 4 is 17.6 Å². The molecule has 2 aromatic rings. The van der Waals surface area contributed by atoms with E-state index in [1.54, 1.807) is 6.26 Å². The van der Waals surface area contributed by atoms with E-state index in [0.29, 0.717) is 38.4 Å². The van der Waals surface area contributed by atoms with Crippen LogP contribution in [0.4, 0.5) is 10.5 Å². The highest BCUT2D eigenvalue weighted by molar-refractivity contribution is 5.89. The van der Waals surface area contributed by atoms with E-state index in [9.17, 15) is 9.59 Å². The first kappa shape index (κ1) is 18.0. The molecule has 1 saturated heterocycles. The van der Waals surface area contributed by atoms with E-state index in [-0.39, 0.29) is 11.9 Å². The zero-order chi connectivity index (χ0) is 18.2. The second-order valence-corrected chi connectivity index (χ2v) is 6.61. The maximum Gasteiger partial charge on any atom is 0.321 e. The third kappa shape index (κ3) is 5.37. The molecule has 0 spiro atoms. The molecule has 0 unspecified atom stereocenters. The minimum Gasteiger partial charge on any atom is -0.469 e. The van der Waals surface area contributed by atoms with Gasteiger partial charge in [0.1, 0.15) is 5.76 Å². The molecule has 138 valence electrons. The molecule has 1 aliphatic heterocycles. The maximum absolute atomic E-state index is 12.3. The summed E-state index contributed by atoms with van der Waals surface area (Å²) >= 11 is 0. The van der Waals surface area contributed by atoms with Gasteiger partial charge in [0.15, 0.2) is 0 Å². The second-order valence-electron chi connectivity index (χ2n) is 6.61. The number of nitrogens with zero attached hydrogens (tertiary/aromatic N) is 1. The van der Waals surface area contributed by atoms with Gasteiger partial charge in [-0.15, -0.1) is 0 Å². The minimum absolute atomic E-state index is 0.0717. The van der Waals surface area contributed by atoms with Crippen LogP contribution in [0.3, 0.4) is 0 Å². The minimum atomic E-state index is -0.0717. The first-order chi connectivity index (χ1) is 12.7. The predicted octanol–water partition coefficient (Wildman–Crippen LogP) is 3.27. The van der Waals surface area contributed by atoms with E-state index in [4.69, 9.17) is 4.42 Å². The number of hydrogen-bond acceptors (Lipinski definition) is 3. The molecule has 1 aromatic carbocycles. The SMILES string of the molecule is O=C(CC1CCN(C(=O)Nc2ccccc2)CC1)NCCc1ccco1. The molecule has 1 fully saturated rings. The van der Waals surface area contributed by atoms with Crippen LogP contribution in [0.15, 0.2) is 53.1 Å². The van der Waals surface area contributed by atoms with Crippen molar-refractivity contribution < 1.29 is 14.0 Å². The van der Waals surface area contributed by atoms with Crippen molar-refractivity contribution in [3.05, 3.63) is 54.5 Å². The summed E-state index contributed by atoms with van der Waals surface area (Å²) in [6, 6.07) is 13.1. The van der Waals surface area contributed by atoms with Gasteiger partial charge >= 0.3 is 6.03 Å². The Balaban J connectivity index is 1.34. The summed E-state index contributed by atoms with van der Waals surface area (Å²) in [4.78, 5) is 26.2. The molecule has 2 N–H and O–H groups in total. The van der Waals surface area contributed by atoms with Crippen LogP contribution in [0.2, 0.25) is 0 Å². The molecule has 0 radical (unpaired) electrons. The number of nitrogens with one attached hydrogen (secondary N) is 2. The Bertz CT molecular complexity index is 692. The Labute approximate surface area is 153 Å². The number of benzene rings is 1. The van der Waals surface area contributed by atoms with Crippen LogP contribution in [-0.4, -0.2) is 36.5 Å². The number of carbonyl (C=O) groups excluding carboxylic acids is 2. The van der Waals surface area contributed by atoms with Gasteiger partial charge < -0.3 is 20.0 Å². The Morgan fingerprint density at radius 2 is 1.85 bits per heavy atom. The normalized spacial score (nSPS) is 14.8. The van der Waals surface area contributed by atoms with Crippen LogP contribution in [0, 0.1) is 5.92 Å². The summed E-state index contributed by atoms with van der Waals surface area (Å²) < 4.78 is 5.25. The molecule has 0 saturated carbocycles. The molecular weight excluding hydrogens is 330 g/mol. The molecule has 0 bridgehead atoms. The van der Waals surface area contributed by atoms with E-state index in [2.05, 4.69) is 10.6 Å². The van der Waals surface area contributed by atoms with Gasteiger partial charge in [0.25, 0.3) is 0 Å². The first-order valence-electron chi connectivity index (χ1n) is 9.11. The van der Waals surface area contributed by atoms with Crippen LogP contribution in [0.25, 0.3) is 0 Å². The van der Waals surface area contributed by atoms with Gasteiger partial charge in [-0.1, -0.05) is 18.2 Å². The number of carbonyl (C=O) groups is 2. The van der Waals surface area contributed by atoms with Crippen molar-refractivity contribution in [3.63, 3.8) is 0 Å². The number of rotatable bonds is 6. The average Bonchev–Trinajstić information content (AvgIpc) is 3.16. The van der Waals surface area contributed by atoms with Crippen molar-refractivity contribution in [1.82, 2.24) is 10.2 Å². The molecule has 0 aliphatic carbocycles. The van der Waals surface area contributed by atoms with E-state index < -0.39 is 0 Å². The van der Waals surface area contributed by atoms with Gasteiger partial charge in [0.05, 0.1) is 6.26 Å². The Hall–Kier alpha value is -2.76. The summed E-state index contributed by atoms with van der Waals surface area (Å²) in [7, 11) is 0. The van der Waals surface area contributed by atoms with Crippen molar-refractivity contribution in [1.29, 1.82) is 0 Å². The van der Waals surface area contributed by atoms with Crippen molar-refractivity contribution in [2.45, 2.75) is 25.7 Å². The highest BCUT2D eigenvalue weighted by Gasteiger charge is 2.24. The number of hydrogen-bond donors (Lipinski definition) is 2. The van der Waals surface area contributed by atoms with Gasteiger partial charge in [-0.2, -0.15) is 0 Å². The van der Waals surface area contributed by atoms with Crippen molar-refractivity contribution in [3.8, 4) is 0 Å². The van der Waals surface area contributed by atoms with E-state index in [1.165, 1.54) is 0 Å². The number of piperidine rings is 1. The lowest BCUT2D eigenvalue weighted by Gasteiger charge is -2.31. The largest absolute Gasteiger partial charge is 0.469 e. The van der Waals surface area contributed by atoms with Crippen LogP contribution in [-0.2, 0) is 11.2 Å². The molecule has 3 rings (SSSR count). The highest BCUT2D eigenvalue weighted by Crippen LogP contribution is 2.21. The average molecular weight is 355 g/mol. The lowest BCUT2D eigenvalue weighted by atomic mass is 9.93. The van der Waals surface area contributed by atoms with Gasteiger partial charge in [-0.05, 0) is 43.0 Å². The molecule has 2 heterocycles. The number of para-hydroxylation sites is 1. The molecule has 6 heteroatoms. The molecule has 1 aromatic heterocycles. The molecule has 26 heavy (non-hydrogen) atoms. The van der Waals surface area contributed by atoms with Crippen molar-refractivity contribution in [2.24, 2.45) is 5.92 Å². The standard InChI is InChI=1S/C20H25N3O3/c24-19(21-11-8-18-7-4-14-26-18)15-16-9-12-23(13-10-16)20(25)22-17-5-2-1-3-6-17/h1-7,14,16H,8-13,15H2,(H,21,24)(H,22,25). The molecule has 3 amide bonds. The summed E-state index contributed by atoms with van der Waals surface area (Å²) in [6.07, 6.45) is 4.57. The number of urea groups is 1. The second kappa shape index (κ2) is 9.08. The van der Waals surface area contributed by atoms with Gasteiger partial charge in [-0.25, -0.2) is 4.79 Å².